The Balaban J connectivity index is 1.48. The number of ether oxygens (including phenoxy) is 1. The van der Waals surface area contributed by atoms with Crippen LogP contribution in [0.4, 0.5) is 15.8 Å². The molecule has 1 aliphatic heterocycles. The third kappa shape index (κ3) is 3.43. The summed E-state index contributed by atoms with van der Waals surface area (Å²) in [5.74, 6) is -2.03. The van der Waals surface area contributed by atoms with Crippen molar-refractivity contribution in [3.05, 3.63) is 58.4 Å². The number of aryl methyl sites for hydroxylation is 2. The number of pyridine rings is 1. The number of aromatic carboxylic acids is 1. The molecule has 0 saturated carbocycles. The Morgan fingerprint density at radius 2 is 2.15 bits per heavy atom. The quantitative estimate of drug-likeness (QED) is 0.304. The number of carboxylic acid groups (broad SMARTS) is 1. The van der Waals surface area contributed by atoms with E-state index in [1.807, 2.05) is 28.8 Å². The van der Waals surface area contributed by atoms with Gasteiger partial charge in [-0.25, -0.2) is 14.2 Å². The Hall–Kier alpha value is -4.08. The number of nitrogens with two attached hydrogens (primary N) is 1. The Bertz CT molecular complexity index is 1460. The molecule has 4 aromatic rings. The normalized spacial score (nSPS) is 13.1. The average molecular weight is 451 g/mol. The number of nitrogens with zero attached hydrogens (tertiary/aromatic N) is 3. The number of hydrogen-bond donors (Lipinski definition) is 3. The molecule has 1 aliphatic rings. The highest BCUT2D eigenvalue weighted by molar-refractivity contribution is 6.03. The fourth-order valence-corrected chi connectivity index (χ4v) is 4.31. The van der Waals surface area contributed by atoms with E-state index < -0.39 is 22.8 Å². The highest BCUT2D eigenvalue weighted by atomic mass is 19.1. The molecule has 0 bridgehead atoms. The van der Waals surface area contributed by atoms with Gasteiger partial charge in [-0.15, -0.1) is 0 Å². The van der Waals surface area contributed by atoms with Gasteiger partial charge < -0.3 is 30.0 Å². The molecule has 0 amide bonds. The number of rotatable bonds is 6. The van der Waals surface area contributed by atoms with Crippen molar-refractivity contribution in [1.29, 1.82) is 0 Å². The molecule has 4 N–H and O–H groups in total. The fourth-order valence-electron chi connectivity index (χ4n) is 4.31. The number of carbonyl (C=O) groups is 1. The minimum atomic E-state index is -1.38. The van der Waals surface area contributed by atoms with Crippen LogP contribution < -0.4 is 21.2 Å². The van der Waals surface area contributed by atoms with Gasteiger partial charge in [0.1, 0.15) is 11.3 Å². The highest BCUT2D eigenvalue weighted by Gasteiger charge is 2.27. The molecule has 3 heterocycles. The molecule has 0 fully saturated rings. The molecule has 0 aliphatic carbocycles. The molecular weight excluding hydrogens is 429 g/mol. The van der Waals surface area contributed by atoms with Crippen LogP contribution in [0.1, 0.15) is 23.2 Å². The van der Waals surface area contributed by atoms with Crippen molar-refractivity contribution in [2.24, 2.45) is 0 Å². The predicted octanol–water partition coefficient (Wildman–Crippen LogP) is 3.06. The largest absolute Gasteiger partial charge is 0.489 e. The lowest BCUT2D eigenvalue weighted by molar-refractivity contribution is 0.0695. The number of anilines is 2. The van der Waals surface area contributed by atoms with Crippen LogP contribution in [0, 0.1) is 5.82 Å². The molecule has 10 heteroatoms. The summed E-state index contributed by atoms with van der Waals surface area (Å²) in [6.07, 6.45) is 4.29. The molecule has 0 radical (unpaired) electrons. The number of nitrogens with one attached hydrogen (secondary N) is 1. The molecule has 33 heavy (non-hydrogen) atoms. The molecular formula is C23H22FN5O4. The number of fused-ring (bicyclic) bond motifs is 1. The minimum absolute atomic E-state index is 0.0774. The van der Waals surface area contributed by atoms with Crippen LogP contribution in [0.2, 0.25) is 0 Å². The maximum absolute atomic E-state index is 15.3. The topological polar surface area (TPSA) is 124 Å². The van der Waals surface area contributed by atoms with Crippen molar-refractivity contribution in [2.75, 3.05) is 24.2 Å². The molecule has 9 nitrogen and oxygen atoms in total. The first-order chi connectivity index (χ1) is 16.0. The van der Waals surface area contributed by atoms with Crippen LogP contribution in [0.5, 0.6) is 5.75 Å². The van der Waals surface area contributed by atoms with Crippen molar-refractivity contribution in [3.63, 3.8) is 0 Å². The standard InChI is InChI=1S/C23H22FN5O4/c24-17-18(25)16-20-22(33-10-4-9-28(20)11-13(21(16)30)23(31)32)19(17)26-7-3-8-29-12-27-14-5-1-2-6-15(14)29/h1-2,5-6,11-12,26H,3-4,7-10,25H2,(H,31,32). The molecule has 170 valence electrons. The molecule has 5 rings (SSSR count). The zero-order valence-electron chi connectivity index (χ0n) is 17.7. The monoisotopic (exact) mass is 451 g/mol. The third-order valence-electron chi connectivity index (χ3n) is 5.87. The zero-order chi connectivity index (χ0) is 23.1. The van der Waals surface area contributed by atoms with Gasteiger partial charge in [-0.2, -0.15) is 0 Å². The van der Waals surface area contributed by atoms with Gasteiger partial charge >= 0.3 is 5.97 Å². The van der Waals surface area contributed by atoms with E-state index in [1.165, 1.54) is 6.20 Å². The van der Waals surface area contributed by atoms with Gasteiger partial charge in [-0.1, -0.05) is 12.1 Å². The van der Waals surface area contributed by atoms with Gasteiger partial charge in [-0.3, -0.25) is 4.79 Å². The summed E-state index contributed by atoms with van der Waals surface area (Å²) in [5, 5.41) is 12.3. The van der Waals surface area contributed by atoms with E-state index in [1.54, 1.807) is 10.9 Å². The first-order valence-corrected chi connectivity index (χ1v) is 10.6. The summed E-state index contributed by atoms with van der Waals surface area (Å²) in [6.45, 7) is 1.80. The highest BCUT2D eigenvalue weighted by Crippen LogP contribution is 2.41. The second kappa shape index (κ2) is 8.12. The Morgan fingerprint density at radius 1 is 1.33 bits per heavy atom. The van der Waals surface area contributed by atoms with Crippen molar-refractivity contribution < 1.29 is 19.0 Å². The van der Waals surface area contributed by atoms with Crippen LogP contribution >= 0.6 is 0 Å². The zero-order valence-corrected chi connectivity index (χ0v) is 17.7. The Kier molecular flexibility index (Phi) is 5.12. The van der Waals surface area contributed by atoms with Crippen molar-refractivity contribution >= 4 is 39.3 Å². The van der Waals surface area contributed by atoms with E-state index in [-0.39, 0.29) is 22.5 Å². The average Bonchev–Trinajstić information content (AvgIpc) is 3.10. The number of nitrogen functional groups attached to an aromatic ring is 1. The number of aromatic nitrogens is 3. The van der Waals surface area contributed by atoms with Gasteiger partial charge in [0, 0.05) is 25.8 Å². The van der Waals surface area contributed by atoms with E-state index in [0.29, 0.717) is 44.6 Å². The SMILES string of the molecule is Nc1c(F)c(NCCCn2cnc3ccccc32)c2c3c1c(=O)c(C(=O)O)cn3CCCO2. The lowest BCUT2D eigenvalue weighted by atomic mass is 10.1. The third-order valence-corrected chi connectivity index (χ3v) is 5.87. The summed E-state index contributed by atoms with van der Waals surface area (Å²) in [6, 6.07) is 7.82. The van der Waals surface area contributed by atoms with Gasteiger partial charge in [0.2, 0.25) is 5.43 Å². The van der Waals surface area contributed by atoms with Gasteiger partial charge in [0.15, 0.2) is 11.6 Å². The van der Waals surface area contributed by atoms with Gasteiger partial charge in [-0.05, 0) is 25.0 Å². The molecule has 2 aromatic heterocycles. The molecule has 0 unspecified atom stereocenters. The maximum atomic E-state index is 15.3. The molecule has 2 aromatic carbocycles. The minimum Gasteiger partial charge on any atom is -0.489 e. The summed E-state index contributed by atoms with van der Waals surface area (Å²) in [4.78, 5) is 28.7. The summed E-state index contributed by atoms with van der Waals surface area (Å²) in [5.41, 5.74) is 6.67. The second-order valence-electron chi connectivity index (χ2n) is 7.93. The molecule has 0 saturated heterocycles. The number of carboxylic acids is 1. The van der Waals surface area contributed by atoms with Crippen LogP contribution in [0.15, 0.2) is 41.6 Å². The number of para-hydroxylation sites is 2. The lowest BCUT2D eigenvalue weighted by Crippen LogP contribution is -2.21. The smallest absolute Gasteiger partial charge is 0.341 e. The maximum Gasteiger partial charge on any atom is 0.341 e. The Labute approximate surface area is 187 Å². The van der Waals surface area contributed by atoms with Crippen molar-refractivity contribution in [1.82, 2.24) is 14.1 Å². The summed E-state index contributed by atoms with van der Waals surface area (Å²) >= 11 is 0. The summed E-state index contributed by atoms with van der Waals surface area (Å²) in [7, 11) is 0. The summed E-state index contributed by atoms with van der Waals surface area (Å²) < 4.78 is 24.8. The van der Waals surface area contributed by atoms with Gasteiger partial charge in [0.05, 0.1) is 40.6 Å². The van der Waals surface area contributed by atoms with E-state index in [9.17, 15) is 14.7 Å². The lowest BCUT2D eigenvalue weighted by Gasteiger charge is -2.19. The number of hydrogen-bond acceptors (Lipinski definition) is 6. The van der Waals surface area contributed by atoms with Crippen LogP contribution in [-0.4, -0.2) is 38.3 Å². The van der Waals surface area contributed by atoms with Crippen LogP contribution in [0.25, 0.3) is 21.9 Å². The molecule has 0 spiro atoms. The Morgan fingerprint density at radius 3 is 2.97 bits per heavy atom. The first kappa shape index (κ1) is 20.8. The predicted molar refractivity (Wildman–Crippen MR) is 122 cm³/mol. The van der Waals surface area contributed by atoms with E-state index >= 15 is 4.39 Å². The van der Waals surface area contributed by atoms with E-state index in [4.69, 9.17) is 10.5 Å². The number of benzene rings is 2. The molecule has 0 atom stereocenters. The fraction of sp³-hybridized carbons (Fsp3) is 0.261. The number of halogens is 1. The van der Waals surface area contributed by atoms with E-state index in [0.717, 1.165) is 11.0 Å². The van der Waals surface area contributed by atoms with Crippen molar-refractivity contribution in [2.45, 2.75) is 25.9 Å². The van der Waals surface area contributed by atoms with Crippen LogP contribution in [0.3, 0.4) is 0 Å². The number of imidazole rings is 1. The van der Waals surface area contributed by atoms with Gasteiger partial charge in [0.25, 0.3) is 0 Å². The first-order valence-electron chi connectivity index (χ1n) is 10.6. The second-order valence-corrected chi connectivity index (χ2v) is 7.93. The van der Waals surface area contributed by atoms with Crippen LogP contribution in [-0.2, 0) is 13.1 Å². The van der Waals surface area contributed by atoms with Crippen molar-refractivity contribution in [3.8, 4) is 5.75 Å². The van der Waals surface area contributed by atoms with E-state index in [2.05, 4.69) is 10.3 Å².